The molecule has 0 unspecified atom stereocenters. The van der Waals surface area contributed by atoms with Crippen LogP contribution in [0.5, 0.6) is 5.75 Å². The maximum absolute atomic E-state index is 12.7. The Labute approximate surface area is 213 Å². The van der Waals surface area contributed by atoms with Gasteiger partial charge in [0.25, 0.3) is 6.43 Å². The van der Waals surface area contributed by atoms with Gasteiger partial charge < -0.3 is 10.4 Å². The highest BCUT2D eigenvalue weighted by molar-refractivity contribution is 9.10. The molecule has 0 aliphatic heterocycles. The van der Waals surface area contributed by atoms with Crippen LogP contribution in [0.4, 0.5) is 14.5 Å². The highest BCUT2D eigenvalue weighted by atomic mass is 79.9. The van der Waals surface area contributed by atoms with Crippen molar-refractivity contribution in [2.45, 2.75) is 25.4 Å². The number of carbonyl (C=O) groups excluding carboxylic acids is 1. The van der Waals surface area contributed by atoms with E-state index in [1.54, 1.807) is 18.2 Å². The number of phenols is 1. The lowest BCUT2D eigenvalue weighted by Crippen LogP contribution is -2.14. The first-order chi connectivity index (χ1) is 16.7. The van der Waals surface area contributed by atoms with Crippen molar-refractivity contribution in [1.29, 1.82) is 0 Å². The molecule has 0 spiro atoms. The van der Waals surface area contributed by atoms with Gasteiger partial charge in [-0.05, 0) is 55.8 Å². The number of nitrogens with zero attached hydrogens (tertiary/aromatic N) is 3. The van der Waals surface area contributed by atoms with Crippen LogP contribution in [0.3, 0.4) is 0 Å². The second-order valence-corrected chi connectivity index (χ2v) is 9.71. The minimum atomic E-state index is -2.56. The average molecular weight is 559 g/mol. The summed E-state index contributed by atoms with van der Waals surface area (Å²) in [7, 11) is 0. The van der Waals surface area contributed by atoms with Crippen LogP contribution in [0.15, 0.2) is 70.3 Å². The summed E-state index contributed by atoms with van der Waals surface area (Å²) in [5.74, 6) is 0.181. The number of carbonyl (C=O) groups is 1. The number of hydrogen-bond donors (Lipinski definition) is 2. The molecule has 0 bridgehead atoms. The van der Waals surface area contributed by atoms with Gasteiger partial charge in [0.15, 0.2) is 11.0 Å². The van der Waals surface area contributed by atoms with E-state index in [0.29, 0.717) is 22.2 Å². The van der Waals surface area contributed by atoms with E-state index in [1.165, 1.54) is 36.0 Å². The predicted molar refractivity (Wildman–Crippen MR) is 136 cm³/mol. The van der Waals surface area contributed by atoms with Crippen LogP contribution in [-0.2, 0) is 4.79 Å². The summed E-state index contributed by atoms with van der Waals surface area (Å²) in [6.45, 7) is 3.97. The zero-order valence-electron chi connectivity index (χ0n) is 18.8. The lowest BCUT2D eigenvalue weighted by atomic mass is 10.1. The van der Waals surface area contributed by atoms with Crippen molar-refractivity contribution < 1.29 is 18.7 Å². The first-order valence-electron chi connectivity index (χ1n) is 10.6. The molecule has 0 saturated heterocycles. The second-order valence-electron chi connectivity index (χ2n) is 7.85. The van der Waals surface area contributed by atoms with Crippen LogP contribution in [0.2, 0.25) is 0 Å². The molecule has 3 aromatic carbocycles. The molecular weight excluding hydrogens is 538 g/mol. The number of halogens is 3. The van der Waals surface area contributed by atoms with E-state index in [2.05, 4.69) is 31.4 Å². The Morgan fingerprint density at radius 2 is 1.83 bits per heavy atom. The molecule has 0 atom stereocenters. The van der Waals surface area contributed by atoms with Crippen molar-refractivity contribution >= 4 is 39.3 Å². The topological polar surface area (TPSA) is 80.0 Å². The largest absolute Gasteiger partial charge is 0.507 e. The number of rotatable bonds is 7. The van der Waals surface area contributed by atoms with Gasteiger partial charge in [0.2, 0.25) is 5.91 Å². The average Bonchev–Trinajstić information content (AvgIpc) is 3.23. The summed E-state index contributed by atoms with van der Waals surface area (Å²) in [5, 5.41) is 22.3. The van der Waals surface area contributed by atoms with Gasteiger partial charge in [-0.2, -0.15) is 0 Å². The third kappa shape index (κ3) is 5.71. The number of hydrogen-bond acceptors (Lipinski definition) is 5. The maximum atomic E-state index is 12.7. The van der Waals surface area contributed by atoms with E-state index >= 15 is 0 Å². The maximum Gasteiger partial charge on any atom is 0.263 e. The number of thioether (sulfide) groups is 1. The van der Waals surface area contributed by atoms with Crippen LogP contribution < -0.4 is 5.32 Å². The van der Waals surface area contributed by atoms with Crippen molar-refractivity contribution in [3.05, 3.63) is 81.8 Å². The molecule has 0 saturated carbocycles. The number of nitrogens with one attached hydrogen (secondary N) is 1. The van der Waals surface area contributed by atoms with Gasteiger partial charge in [-0.25, -0.2) is 8.78 Å². The van der Waals surface area contributed by atoms with Gasteiger partial charge in [-0.15, -0.1) is 10.2 Å². The summed E-state index contributed by atoms with van der Waals surface area (Å²) in [6.07, 6.45) is -2.56. The zero-order valence-corrected chi connectivity index (χ0v) is 21.2. The van der Waals surface area contributed by atoms with Crippen LogP contribution in [-0.4, -0.2) is 31.5 Å². The summed E-state index contributed by atoms with van der Waals surface area (Å²) in [5.41, 5.74) is 3.70. The lowest BCUT2D eigenvalue weighted by Gasteiger charge is -2.14. The van der Waals surface area contributed by atoms with Crippen LogP contribution in [0, 0.1) is 13.8 Å². The molecule has 180 valence electrons. The molecule has 1 aromatic heterocycles. The van der Waals surface area contributed by atoms with Crippen molar-refractivity contribution in [2.75, 3.05) is 11.1 Å². The van der Waals surface area contributed by atoms with E-state index in [0.717, 1.165) is 21.3 Å². The highest BCUT2D eigenvalue weighted by Gasteiger charge is 2.21. The van der Waals surface area contributed by atoms with Gasteiger partial charge in [-0.3, -0.25) is 9.36 Å². The van der Waals surface area contributed by atoms with Gasteiger partial charge in [0, 0.05) is 15.7 Å². The summed E-state index contributed by atoms with van der Waals surface area (Å²) >= 11 is 4.61. The number of aryl methyl sites for hydroxylation is 2. The molecule has 2 N–H and O–H groups in total. The molecule has 1 heterocycles. The zero-order chi connectivity index (χ0) is 25.1. The normalized spacial score (nSPS) is 11.1. The van der Waals surface area contributed by atoms with Gasteiger partial charge in [0.1, 0.15) is 5.75 Å². The molecule has 6 nitrogen and oxygen atoms in total. The summed E-state index contributed by atoms with van der Waals surface area (Å²) in [6, 6.07) is 16.4. The predicted octanol–water partition coefficient (Wildman–Crippen LogP) is 6.69. The van der Waals surface area contributed by atoms with E-state index in [-0.39, 0.29) is 23.0 Å². The first kappa shape index (κ1) is 24.9. The third-order valence-corrected chi connectivity index (χ3v) is 6.63. The molecule has 35 heavy (non-hydrogen) atoms. The van der Waals surface area contributed by atoms with E-state index in [9.17, 15) is 18.7 Å². The Kier molecular flexibility index (Phi) is 7.51. The molecule has 10 heteroatoms. The third-order valence-electron chi connectivity index (χ3n) is 5.20. The fraction of sp³-hybridized carbons (Fsp3) is 0.160. The SMILES string of the molecule is Cc1ccc(-n2c(SCC(=O)Nc3ccc(C(F)F)cc3)nnc2-c2cc(Br)ccc2O)c(C)c1. The van der Waals surface area contributed by atoms with Crippen molar-refractivity contribution in [3.63, 3.8) is 0 Å². The minimum Gasteiger partial charge on any atom is -0.507 e. The molecule has 1 amide bonds. The lowest BCUT2D eigenvalue weighted by molar-refractivity contribution is -0.113. The van der Waals surface area contributed by atoms with Gasteiger partial charge in [-0.1, -0.05) is 57.5 Å². The Balaban J connectivity index is 1.63. The smallest absolute Gasteiger partial charge is 0.263 e. The van der Waals surface area contributed by atoms with Crippen LogP contribution in [0.25, 0.3) is 17.1 Å². The van der Waals surface area contributed by atoms with E-state index in [4.69, 9.17) is 0 Å². The molecular formula is C25H21BrF2N4O2S. The summed E-state index contributed by atoms with van der Waals surface area (Å²) in [4.78, 5) is 12.6. The molecule has 0 aliphatic carbocycles. The number of phenolic OH excluding ortho intramolecular Hbond substituents is 1. The van der Waals surface area contributed by atoms with Crippen molar-refractivity contribution in [1.82, 2.24) is 14.8 Å². The van der Waals surface area contributed by atoms with Crippen molar-refractivity contribution in [2.24, 2.45) is 0 Å². The first-order valence-corrected chi connectivity index (χ1v) is 12.3. The van der Waals surface area contributed by atoms with Crippen LogP contribution in [0.1, 0.15) is 23.1 Å². The Morgan fingerprint density at radius 1 is 1.09 bits per heavy atom. The van der Waals surface area contributed by atoms with E-state index in [1.807, 2.05) is 36.6 Å². The number of amides is 1. The number of benzene rings is 3. The molecule has 4 rings (SSSR count). The molecule has 0 fully saturated rings. The second kappa shape index (κ2) is 10.6. The number of anilines is 1. The standard InChI is InChI=1S/C25H21BrF2N4O2S/c1-14-3-9-20(15(2)11-14)32-24(19-12-17(26)6-10-21(19)33)30-31-25(32)35-13-22(34)29-18-7-4-16(5-8-18)23(27)28/h3-12,23,33H,13H2,1-2H3,(H,29,34). The monoisotopic (exact) mass is 558 g/mol. The van der Waals surface area contributed by atoms with Gasteiger partial charge >= 0.3 is 0 Å². The number of aromatic nitrogens is 3. The van der Waals surface area contributed by atoms with E-state index < -0.39 is 6.43 Å². The van der Waals surface area contributed by atoms with Crippen LogP contribution >= 0.6 is 27.7 Å². The minimum absolute atomic E-state index is 0.0180. The van der Waals surface area contributed by atoms with Crippen molar-refractivity contribution in [3.8, 4) is 22.8 Å². The molecule has 0 radical (unpaired) electrons. The number of alkyl halides is 2. The highest BCUT2D eigenvalue weighted by Crippen LogP contribution is 2.35. The Hall–Kier alpha value is -3.24. The fourth-order valence-electron chi connectivity index (χ4n) is 3.54. The quantitative estimate of drug-likeness (QED) is 0.247. The van der Waals surface area contributed by atoms with Gasteiger partial charge in [0.05, 0.1) is 17.0 Å². The Bertz CT molecular complexity index is 1380. The Morgan fingerprint density at radius 3 is 2.51 bits per heavy atom. The fourth-order valence-corrected chi connectivity index (χ4v) is 4.64. The summed E-state index contributed by atoms with van der Waals surface area (Å²) < 4.78 is 28.1. The molecule has 4 aromatic rings. The number of aromatic hydroxyl groups is 1. The molecule has 0 aliphatic rings.